The van der Waals surface area contributed by atoms with Crippen molar-refractivity contribution >= 4 is 11.8 Å². The van der Waals surface area contributed by atoms with E-state index in [4.69, 9.17) is 0 Å². The number of hydrogen-bond donors (Lipinski definition) is 1. The fourth-order valence-corrected chi connectivity index (χ4v) is 1.49. The molecule has 0 saturated heterocycles. The lowest BCUT2D eigenvalue weighted by Crippen LogP contribution is -2.30. The highest BCUT2D eigenvalue weighted by atomic mass is 16.2. The Kier molecular flexibility index (Phi) is 8.38. The Balaban J connectivity index is 3.46. The Labute approximate surface area is 105 Å². The van der Waals surface area contributed by atoms with Crippen molar-refractivity contribution in [3.63, 3.8) is 0 Å². The van der Waals surface area contributed by atoms with Crippen molar-refractivity contribution in [2.24, 2.45) is 5.92 Å². The molecule has 0 spiro atoms. The SMILES string of the molecule is C=C(C)C(=O)NC(=O)CCCCCCC(C)C. The van der Waals surface area contributed by atoms with Gasteiger partial charge >= 0.3 is 0 Å². The summed E-state index contributed by atoms with van der Waals surface area (Å²) in [6.07, 6.45) is 5.99. The van der Waals surface area contributed by atoms with Gasteiger partial charge in [0.15, 0.2) is 0 Å². The van der Waals surface area contributed by atoms with Gasteiger partial charge in [0, 0.05) is 12.0 Å². The Hall–Kier alpha value is -1.12. The summed E-state index contributed by atoms with van der Waals surface area (Å²) >= 11 is 0. The van der Waals surface area contributed by atoms with Crippen LogP contribution in [-0.2, 0) is 9.59 Å². The van der Waals surface area contributed by atoms with Gasteiger partial charge in [0.25, 0.3) is 5.91 Å². The largest absolute Gasteiger partial charge is 0.293 e. The van der Waals surface area contributed by atoms with Gasteiger partial charge in [0.2, 0.25) is 5.91 Å². The normalized spacial score (nSPS) is 10.4. The molecule has 3 nitrogen and oxygen atoms in total. The Morgan fingerprint density at radius 2 is 1.71 bits per heavy atom. The summed E-state index contributed by atoms with van der Waals surface area (Å²) in [5, 5.41) is 2.31. The first-order valence-electron chi connectivity index (χ1n) is 6.43. The van der Waals surface area contributed by atoms with E-state index in [-0.39, 0.29) is 11.8 Å². The minimum atomic E-state index is -0.366. The van der Waals surface area contributed by atoms with Crippen LogP contribution in [0.2, 0.25) is 0 Å². The molecular weight excluding hydrogens is 214 g/mol. The first kappa shape index (κ1) is 15.9. The van der Waals surface area contributed by atoms with Crippen LogP contribution in [0.3, 0.4) is 0 Å². The van der Waals surface area contributed by atoms with E-state index in [1.807, 2.05) is 0 Å². The highest BCUT2D eigenvalue weighted by Gasteiger charge is 2.07. The molecule has 0 aliphatic rings. The molecule has 0 heterocycles. The second kappa shape index (κ2) is 8.97. The maximum Gasteiger partial charge on any atom is 0.252 e. The van der Waals surface area contributed by atoms with E-state index in [1.54, 1.807) is 6.92 Å². The summed E-state index contributed by atoms with van der Waals surface area (Å²) in [4.78, 5) is 22.5. The molecule has 0 fully saturated rings. The number of nitrogens with one attached hydrogen (secondary N) is 1. The first-order valence-corrected chi connectivity index (χ1v) is 6.43. The van der Waals surface area contributed by atoms with E-state index in [1.165, 1.54) is 19.3 Å². The van der Waals surface area contributed by atoms with Gasteiger partial charge in [-0.15, -0.1) is 0 Å². The molecule has 0 unspecified atom stereocenters. The van der Waals surface area contributed by atoms with Crippen molar-refractivity contribution in [2.45, 2.75) is 59.3 Å². The molecule has 0 aromatic carbocycles. The van der Waals surface area contributed by atoms with Crippen molar-refractivity contribution in [1.29, 1.82) is 0 Å². The fourth-order valence-electron chi connectivity index (χ4n) is 1.49. The molecule has 0 aliphatic heterocycles. The van der Waals surface area contributed by atoms with Crippen molar-refractivity contribution in [3.8, 4) is 0 Å². The van der Waals surface area contributed by atoms with Gasteiger partial charge in [-0.3, -0.25) is 14.9 Å². The average Bonchev–Trinajstić information content (AvgIpc) is 2.22. The van der Waals surface area contributed by atoms with Crippen LogP contribution in [0.5, 0.6) is 0 Å². The van der Waals surface area contributed by atoms with E-state index in [0.29, 0.717) is 12.0 Å². The minimum absolute atomic E-state index is 0.193. The zero-order valence-electron chi connectivity index (χ0n) is 11.3. The smallest absolute Gasteiger partial charge is 0.252 e. The van der Waals surface area contributed by atoms with Crippen LogP contribution < -0.4 is 5.32 Å². The van der Waals surface area contributed by atoms with Crippen molar-refractivity contribution in [2.75, 3.05) is 0 Å². The number of amides is 2. The zero-order valence-corrected chi connectivity index (χ0v) is 11.3. The van der Waals surface area contributed by atoms with Crippen LogP contribution in [0, 0.1) is 5.92 Å². The van der Waals surface area contributed by atoms with Crippen molar-refractivity contribution in [3.05, 3.63) is 12.2 Å². The van der Waals surface area contributed by atoms with Crippen LogP contribution >= 0.6 is 0 Å². The summed E-state index contributed by atoms with van der Waals surface area (Å²) in [5.41, 5.74) is 0.371. The highest BCUT2D eigenvalue weighted by molar-refractivity contribution is 6.03. The van der Waals surface area contributed by atoms with Crippen LogP contribution in [-0.4, -0.2) is 11.8 Å². The second-order valence-electron chi connectivity index (χ2n) is 5.00. The van der Waals surface area contributed by atoms with E-state index in [0.717, 1.165) is 18.8 Å². The third-order valence-electron chi connectivity index (χ3n) is 2.58. The highest BCUT2D eigenvalue weighted by Crippen LogP contribution is 2.10. The van der Waals surface area contributed by atoms with Crippen LogP contribution in [0.25, 0.3) is 0 Å². The average molecular weight is 239 g/mol. The lowest BCUT2D eigenvalue weighted by molar-refractivity contribution is -0.128. The van der Waals surface area contributed by atoms with Gasteiger partial charge in [-0.1, -0.05) is 46.1 Å². The summed E-state index contributed by atoms with van der Waals surface area (Å²) in [7, 11) is 0. The quantitative estimate of drug-likeness (QED) is 0.522. The number of unbranched alkanes of at least 4 members (excludes halogenated alkanes) is 3. The number of hydrogen-bond acceptors (Lipinski definition) is 2. The van der Waals surface area contributed by atoms with Gasteiger partial charge in [-0.2, -0.15) is 0 Å². The second-order valence-corrected chi connectivity index (χ2v) is 5.00. The van der Waals surface area contributed by atoms with Gasteiger partial charge in [0.1, 0.15) is 0 Å². The summed E-state index contributed by atoms with van der Waals surface area (Å²) in [5.74, 6) is 0.197. The van der Waals surface area contributed by atoms with E-state index in [9.17, 15) is 9.59 Å². The molecule has 0 saturated carbocycles. The Bertz CT molecular complexity index is 269. The Morgan fingerprint density at radius 3 is 2.24 bits per heavy atom. The number of carbonyl (C=O) groups excluding carboxylic acids is 2. The maximum atomic E-state index is 11.3. The van der Waals surface area contributed by atoms with Crippen molar-refractivity contribution in [1.82, 2.24) is 5.32 Å². The molecule has 2 amide bonds. The molecule has 98 valence electrons. The Morgan fingerprint density at radius 1 is 1.12 bits per heavy atom. The standard InChI is InChI=1S/C14H25NO2/c1-11(2)9-7-5-6-8-10-13(16)15-14(17)12(3)4/h11H,3,5-10H2,1-2,4H3,(H,15,16,17). The van der Waals surface area contributed by atoms with Gasteiger partial charge in [-0.25, -0.2) is 0 Å². The fraction of sp³-hybridized carbons (Fsp3) is 0.714. The molecule has 0 rings (SSSR count). The third-order valence-corrected chi connectivity index (χ3v) is 2.58. The molecule has 0 aromatic rings. The molecular formula is C14H25NO2. The molecule has 3 heteroatoms. The predicted octanol–water partition coefficient (Wildman–Crippen LogP) is 3.20. The molecule has 17 heavy (non-hydrogen) atoms. The number of rotatable bonds is 8. The summed E-state index contributed by atoms with van der Waals surface area (Å²) in [6.45, 7) is 9.51. The lowest BCUT2D eigenvalue weighted by Gasteiger charge is -2.05. The lowest BCUT2D eigenvalue weighted by atomic mass is 10.0. The van der Waals surface area contributed by atoms with E-state index < -0.39 is 0 Å². The van der Waals surface area contributed by atoms with Gasteiger partial charge < -0.3 is 0 Å². The topological polar surface area (TPSA) is 46.2 Å². The third kappa shape index (κ3) is 9.79. The van der Waals surface area contributed by atoms with Gasteiger partial charge in [0.05, 0.1) is 0 Å². The molecule has 0 aromatic heterocycles. The van der Waals surface area contributed by atoms with Crippen LogP contribution in [0.15, 0.2) is 12.2 Å². The number of carbonyl (C=O) groups is 2. The van der Waals surface area contributed by atoms with Gasteiger partial charge in [-0.05, 0) is 19.3 Å². The monoisotopic (exact) mass is 239 g/mol. The summed E-state index contributed by atoms with van der Waals surface area (Å²) in [6, 6.07) is 0. The molecule has 0 radical (unpaired) electrons. The van der Waals surface area contributed by atoms with Crippen LogP contribution in [0.4, 0.5) is 0 Å². The number of imide groups is 1. The van der Waals surface area contributed by atoms with E-state index >= 15 is 0 Å². The predicted molar refractivity (Wildman–Crippen MR) is 70.5 cm³/mol. The maximum absolute atomic E-state index is 11.3. The molecule has 0 aliphatic carbocycles. The zero-order chi connectivity index (χ0) is 13.3. The first-order chi connectivity index (χ1) is 7.93. The minimum Gasteiger partial charge on any atom is -0.293 e. The summed E-state index contributed by atoms with van der Waals surface area (Å²) < 4.78 is 0. The van der Waals surface area contributed by atoms with Crippen molar-refractivity contribution < 1.29 is 9.59 Å². The molecule has 0 bridgehead atoms. The molecule has 0 atom stereocenters. The molecule has 1 N–H and O–H groups in total. The van der Waals surface area contributed by atoms with E-state index in [2.05, 4.69) is 25.7 Å². The van der Waals surface area contributed by atoms with Crippen LogP contribution in [0.1, 0.15) is 59.3 Å².